The second kappa shape index (κ2) is 6.91. The Kier molecular flexibility index (Phi) is 5.15. The van der Waals surface area contributed by atoms with Gasteiger partial charge in [-0.15, -0.1) is 0 Å². The summed E-state index contributed by atoms with van der Waals surface area (Å²) in [7, 11) is -3.43. The summed E-state index contributed by atoms with van der Waals surface area (Å²) in [6.07, 6.45) is 4.95. The van der Waals surface area contributed by atoms with E-state index < -0.39 is 21.5 Å². The van der Waals surface area contributed by atoms with Crippen molar-refractivity contribution in [2.75, 3.05) is 16.8 Å². The fourth-order valence-corrected chi connectivity index (χ4v) is 3.85. The van der Waals surface area contributed by atoms with E-state index in [0.29, 0.717) is 17.3 Å². The van der Waals surface area contributed by atoms with Gasteiger partial charge in [0.1, 0.15) is 11.6 Å². The number of rotatable bonds is 6. The number of carbonyl (C=O) groups excluding carboxylic acids is 1. The molecule has 124 valence electrons. The third kappa shape index (κ3) is 4.62. The molecule has 0 saturated heterocycles. The van der Waals surface area contributed by atoms with Crippen molar-refractivity contribution in [1.29, 1.82) is 0 Å². The molecule has 0 atom stereocenters. The number of hydrogen-bond acceptors (Lipinski definition) is 5. The van der Waals surface area contributed by atoms with Crippen LogP contribution < -0.4 is 5.32 Å². The molecule has 0 saturated carbocycles. The highest BCUT2D eigenvalue weighted by atomic mass is 32.2. The van der Waals surface area contributed by atoms with E-state index in [2.05, 4.69) is 15.3 Å². The molecule has 1 N–H and O–H groups in total. The summed E-state index contributed by atoms with van der Waals surface area (Å²) in [5.74, 6) is 0.0698. The van der Waals surface area contributed by atoms with Crippen molar-refractivity contribution in [2.24, 2.45) is 5.92 Å². The van der Waals surface area contributed by atoms with Crippen LogP contribution in [0.15, 0.2) is 30.7 Å². The second-order valence-corrected chi connectivity index (χ2v) is 7.82. The molecular formula is C15H20N4O3S. The Morgan fingerprint density at radius 2 is 2.04 bits per heavy atom. The minimum atomic E-state index is -3.43. The average molecular weight is 336 g/mol. The highest BCUT2D eigenvalue weighted by Crippen LogP contribution is 2.18. The van der Waals surface area contributed by atoms with Gasteiger partial charge in [0.2, 0.25) is 5.91 Å². The van der Waals surface area contributed by atoms with Crippen LogP contribution in [0.25, 0.3) is 5.82 Å². The Balaban J connectivity index is 2.18. The van der Waals surface area contributed by atoms with Crippen molar-refractivity contribution in [3.8, 4) is 5.82 Å². The zero-order chi connectivity index (χ0) is 17.0. The van der Waals surface area contributed by atoms with E-state index in [1.807, 2.05) is 6.92 Å². The summed E-state index contributed by atoms with van der Waals surface area (Å²) in [5, 5.41) is 2.63. The fraction of sp³-hybridized carbons (Fsp3) is 0.400. The number of pyridine rings is 1. The summed E-state index contributed by atoms with van der Waals surface area (Å²) in [6.45, 7) is 5.42. The van der Waals surface area contributed by atoms with E-state index >= 15 is 0 Å². The maximum Gasteiger partial charge on any atom is 0.239 e. The van der Waals surface area contributed by atoms with Crippen molar-refractivity contribution >= 4 is 21.4 Å². The lowest BCUT2D eigenvalue weighted by Gasteiger charge is -2.12. The van der Waals surface area contributed by atoms with Crippen LogP contribution in [0.3, 0.4) is 0 Å². The normalized spacial score (nSPS) is 11.7. The second-order valence-electron chi connectivity index (χ2n) is 5.72. The van der Waals surface area contributed by atoms with Crippen molar-refractivity contribution in [1.82, 2.24) is 14.5 Å². The molecule has 7 nitrogen and oxygen atoms in total. The van der Waals surface area contributed by atoms with Crippen molar-refractivity contribution in [3.63, 3.8) is 0 Å². The summed E-state index contributed by atoms with van der Waals surface area (Å²) in [6, 6.07) is 3.35. The number of nitrogens with zero attached hydrogens (tertiary/aromatic N) is 3. The van der Waals surface area contributed by atoms with E-state index in [-0.39, 0.29) is 11.7 Å². The zero-order valence-corrected chi connectivity index (χ0v) is 14.2. The molecule has 8 heteroatoms. The summed E-state index contributed by atoms with van der Waals surface area (Å²) in [5.41, 5.74) is 0.443. The average Bonchev–Trinajstić information content (AvgIpc) is 2.83. The number of amides is 1. The van der Waals surface area contributed by atoms with E-state index in [0.717, 1.165) is 0 Å². The molecule has 0 radical (unpaired) electrons. The van der Waals surface area contributed by atoms with Crippen molar-refractivity contribution in [3.05, 3.63) is 36.5 Å². The Morgan fingerprint density at radius 1 is 1.30 bits per heavy atom. The third-order valence-corrected chi connectivity index (χ3v) is 4.93. The first-order chi connectivity index (χ1) is 10.8. The van der Waals surface area contributed by atoms with Gasteiger partial charge in [0, 0.05) is 18.6 Å². The largest absolute Gasteiger partial charge is 0.322 e. The van der Waals surface area contributed by atoms with Gasteiger partial charge in [0.05, 0.1) is 11.4 Å². The van der Waals surface area contributed by atoms with Crippen LogP contribution in [0.2, 0.25) is 0 Å². The number of anilines is 1. The fourth-order valence-electron chi connectivity index (χ4n) is 2.24. The number of nitrogens with one attached hydrogen (secondary N) is 1. The molecule has 0 fully saturated rings. The highest BCUT2D eigenvalue weighted by molar-refractivity contribution is 7.92. The zero-order valence-electron chi connectivity index (χ0n) is 13.4. The predicted molar refractivity (Wildman–Crippen MR) is 88.2 cm³/mol. The lowest BCUT2D eigenvalue weighted by molar-refractivity contribution is -0.113. The van der Waals surface area contributed by atoms with Gasteiger partial charge in [-0.2, -0.15) is 0 Å². The number of aryl methyl sites for hydroxylation is 1. The molecule has 0 unspecified atom stereocenters. The first kappa shape index (κ1) is 17.1. The Morgan fingerprint density at radius 3 is 2.65 bits per heavy atom. The molecule has 0 spiro atoms. The van der Waals surface area contributed by atoms with Crippen molar-refractivity contribution in [2.45, 2.75) is 20.8 Å². The van der Waals surface area contributed by atoms with Gasteiger partial charge in [-0.1, -0.05) is 13.8 Å². The number of hydrogen-bond donors (Lipinski definition) is 1. The maximum absolute atomic E-state index is 12.1. The first-order valence-corrected chi connectivity index (χ1v) is 9.06. The molecule has 0 aliphatic carbocycles. The molecule has 2 aromatic rings. The lowest BCUT2D eigenvalue weighted by Crippen LogP contribution is -2.26. The summed E-state index contributed by atoms with van der Waals surface area (Å²) in [4.78, 5) is 20.4. The Labute approximate surface area is 135 Å². The number of aromatic nitrogens is 3. The minimum absolute atomic E-state index is 0.0130. The Bertz CT molecular complexity index is 797. The van der Waals surface area contributed by atoms with Gasteiger partial charge in [-0.25, -0.2) is 18.4 Å². The molecule has 1 amide bonds. The van der Waals surface area contributed by atoms with Gasteiger partial charge in [0.15, 0.2) is 15.7 Å². The SMILES string of the molecule is Cc1nccn1-c1ncccc1NC(=O)CS(=O)(=O)CC(C)C. The van der Waals surface area contributed by atoms with Gasteiger partial charge in [-0.05, 0) is 25.0 Å². The number of sulfone groups is 1. The van der Waals surface area contributed by atoms with Crippen LogP contribution in [-0.2, 0) is 14.6 Å². The maximum atomic E-state index is 12.1. The molecule has 0 aromatic carbocycles. The monoisotopic (exact) mass is 336 g/mol. The number of imidazole rings is 1. The van der Waals surface area contributed by atoms with Gasteiger partial charge >= 0.3 is 0 Å². The summed E-state index contributed by atoms with van der Waals surface area (Å²) < 4.78 is 25.6. The van der Waals surface area contributed by atoms with E-state index in [9.17, 15) is 13.2 Å². The first-order valence-electron chi connectivity index (χ1n) is 7.24. The smallest absolute Gasteiger partial charge is 0.239 e. The minimum Gasteiger partial charge on any atom is -0.322 e. The topological polar surface area (TPSA) is 93.9 Å². The van der Waals surface area contributed by atoms with Crippen LogP contribution >= 0.6 is 0 Å². The number of carbonyl (C=O) groups is 1. The van der Waals surface area contributed by atoms with Crippen LogP contribution in [-0.4, -0.2) is 40.4 Å². The molecular weight excluding hydrogens is 316 g/mol. The van der Waals surface area contributed by atoms with E-state index in [1.165, 1.54) is 0 Å². The van der Waals surface area contributed by atoms with Crippen LogP contribution in [0, 0.1) is 12.8 Å². The quantitative estimate of drug-likeness (QED) is 0.864. The van der Waals surface area contributed by atoms with Gasteiger partial charge in [-0.3, -0.25) is 9.36 Å². The molecule has 0 aliphatic heterocycles. The summed E-state index contributed by atoms with van der Waals surface area (Å²) >= 11 is 0. The van der Waals surface area contributed by atoms with Crippen LogP contribution in [0.5, 0.6) is 0 Å². The molecule has 23 heavy (non-hydrogen) atoms. The van der Waals surface area contributed by atoms with Crippen LogP contribution in [0.4, 0.5) is 5.69 Å². The lowest BCUT2D eigenvalue weighted by atomic mass is 10.3. The van der Waals surface area contributed by atoms with Gasteiger partial charge < -0.3 is 5.32 Å². The Hall–Kier alpha value is -2.22. The molecule has 0 aliphatic rings. The molecule has 2 heterocycles. The van der Waals surface area contributed by atoms with Crippen LogP contribution in [0.1, 0.15) is 19.7 Å². The third-order valence-electron chi connectivity index (χ3n) is 3.05. The standard InChI is InChI=1S/C15H20N4O3S/c1-11(2)9-23(21,22)10-14(20)18-13-5-4-6-17-15(13)19-8-7-16-12(19)3/h4-8,11H,9-10H2,1-3H3,(H,18,20). The molecule has 2 aromatic heterocycles. The van der Waals surface area contributed by atoms with Gasteiger partial charge in [0.25, 0.3) is 0 Å². The highest BCUT2D eigenvalue weighted by Gasteiger charge is 2.19. The van der Waals surface area contributed by atoms with Crippen molar-refractivity contribution < 1.29 is 13.2 Å². The predicted octanol–water partition coefficient (Wildman–Crippen LogP) is 1.59. The molecule has 0 bridgehead atoms. The molecule has 2 rings (SSSR count). The van der Waals surface area contributed by atoms with E-state index in [4.69, 9.17) is 0 Å². The van der Waals surface area contributed by atoms with E-state index in [1.54, 1.807) is 49.1 Å².